The Hall–Kier alpha value is -1.23. The summed E-state index contributed by atoms with van der Waals surface area (Å²) in [6.45, 7) is 4.14. The van der Waals surface area contributed by atoms with Gasteiger partial charge in [-0.3, -0.25) is 0 Å². The van der Waals surface area contributed by atoms with Crippen LogP contribution >= 0.6 is 15.9 Å². The Labute approximate surface area is 108 Å². The van der Waals surface area contributed by atoms with Gasteiger partial charge in [0.1, 0.15) is 11.6 Å². The Kier molecular flexibility index (Phi) is 3.57. The van der Waals surface area contributed by atoms with Gasteiger partial charge in [-0.05, 0) is 38.1 Å². The molecular formula is C12H13BrFN3. The summed E-state index contributed by atoms with van der Waals surface area (Å²) in [6, 6.07) is 6.56. The number of hydrogen-bond donors (Lipinski definition) is 0. The van der Waals surface area contributed by atoms with E-state index in [0.717, 1.165) is 17.2 Å². The molecule has 0 aliphatic rings. The summed E-state index contributed by atoms with van der Waals surface area (Å²) in [5.41, 5.74) is 0.875. The molecule has 0 amide bonds. The van der Waals surface area contributed by atoms with E-state index in [1.54, 1.807) is 12.1 Å². The minimum Gasteiger partial charge on any atom is -0.308 e. The highest BCUT2D eigenvalue weighted by molar-refractivity contribution is 9.08. The molecular weight excluding hydrogens is 285 g/mol. The summed E-state index contributed by atoms with van der Waals surface area (Å²) in [5.74, 6) is 1.40. The molecule has 3 nitrogen and oxygen atoms in total. The fourth-order valence-corrected chi connectivity index (χ4v) is 2.14. The average molecular weight is 298 g/mol. The number of rotatable bonds is 3. The molecule has 0 spiro atoms. The Morgan fingerprint density at radius 3 is 2.41 bits per heavy atom. The van der Waals surface area contributed by atoms with E-state index in [-0.39, 0.29) is 11.9 Å². The molecule has 0 fully saturated rings. The summed E-state index contributed by atoms with van der Waals surface area (Å²) < 4.78 is 14.9. The van der Waals surface area contributed by atoms with Crippen LogP contribution in [-0.2, 0) is 5.33 Å². The van der Waals surface area contributed by atoms with Gasteiger partial charge >= 0.3 is 0 Å². The van der Waals surface area contributed by atoms with Gasteiger partial charge in [0.15, 0.2) is 5.82 Å². The highest BCUT2D eigenvalue weighted by Crippen LogP contribution is 2.23. The molecule has 90 valence electrons. The standard InChI is InChI=1S/C12H13BrFN3/c1-8(2)17-11(7-13)15-16-12(17)9-3-5-10(14)6-4-9/h3-6,8H,7H2,1-2H3. The molecule has 1 aromatic heterocycles. The number of benzene rings is 1. The Bertz CT molecular complexity index is 505. The number of hydrogen-bond acceptors (Lipinski definition) is 2. The Morgan fingerprint density at radius 2 is 1.88 bits per heavy atom. The van der Waals surface area contributed by atoms with Crippen LogP contribution in [0.25, 0.3) is 11.4 Å². The van der Waals surface area contributed by atoms with E-state index >= 15 is 0 Å². The fourth-order valence-electron chi connectivity index (χ4n) is 1.75. The molecule has 2 rings (SSSR count). The van der Waals surface area contributed by atoms with E-state index < -0.39 is 0 Å². The highest BCUT2D eigenvalue weighted by atomic mass is 79.9. The van der Waals surface area contributed by atoms with Crippen molar-refractivity contribution < 1.29 is 4.39 Å². The molecule has 0 bridgehead atoms. The molecule has 1 aromatic carbocycles. The third-order valence-electron chi connectivity index (χ3n) is 2.50. The first-order valence-corrected chi connectivity index (χ1v) is 6.51. The monoisotopic (exact) mass is 297 g/mol. The van der Waals surface area contributed by atoms with Crippen LogP contribution in [0.2, 0.25) is 0 Å². The maximum Gasteiger partial charge on any atom is 0.164 e. The zero-order chi connectivity index (χ0) is 12.4. The smallest absolute Gasteiger partial charge is 0.164 e. The second-order valence-electron chi connectivity index (χ2n) is 4.04. The summed E-state index contributed by atoms with van der Waals surface area (Å²) in [7, 11) is 0. The fraction of sp³-hybridized carbons (Fsp3) is 0.333. The van der Waals surface area contributed by atoms with Crippen molar-refractivity contribution in [1.82, 2.24) is 14.8 Å². The van der Waals surface area contributed by atoms with Crippen LogP contribution in [-0.4, -0.2) is 14.8 Å². The second-order valence-corrected chi connectivity index (χ2v) is 4.60. The van der Waals surface area contributed by atoms with Crippen molar-refractivity contribution in [3.8, 4) is 11.4 Å². The van der Waals surface area contributed by atoms with Gasteiger partial charge in [-0.15, -0.1) is 10.2 Å². The van der Waals surface area contributed by atoms with Crippen LogP contribution in [0.4, 0.5) is 4.39 Å². The molecule has 17 heavy (non-hydrogen) atoms. The second kappa shape index (κ2) is 4.96. The van der Waals surface area contributed by atoms with E-state index in [4.69, 9.17) is 0 Å². The molecule has 0 N–H and O–H groups in total. The van der Waals surface area contributed by atoms with Crippen LogP contribution in [0.15, 0.2) is 24.3 Å². The molecule has 0 saturated heterocycles. The molecule has 5 heteroatoms. The molecule has 0 saturated carbocycles. The van der Waals surface area contributed by atoms with Crippen LogP contribution in [0.5, 0.6) is 0 Å². The largest absolute Gasteiger partial charge is 0.308 e. The first kappa shape index (κ1) is 12.2. The van der Waals surface area contributed by atoms with Crippen LogP contribution in [0.1, 0.15) is 25.7 Å². The predicted molar refractivity (Wildman–Crippen MR) is 68.4 cm³/mol. The molecule has 2 aromatic rings. The molecule has 0 unspecified atom stereocenters. The maximum atomic E-state index is 12.9. The zero-order valence-corrected chi connectivity index (χ0v) is 11.3. The predicted octanol–water partition coefficient (Wildman–Crippen LogP) is 3.56. The van der Waals surface area contributed by atoms with Crippen molar-refractivity contribution in [2.75, 3.05) is 0 Å². The van der Waals surface area contributed by atoms with Crippen LogP contribution in [0, 0.1) is 5.82 Å². The third-order valence-corrected chi connectivity index (χ3v) is 3.01. The van der Waals surface area contributed by atoms with Gasteiger partial charge in [-0.25, -0.2) is 4.39 Å². The van der Waals surface area contributed by atoms with Gasteiger partial charge in [-0.2, -0.15) is 0 Å². The number of halogens is 2. The van der Waals surface area contributed by atoms with E-state index in [9.17, 15) is 4.39 Å². The average Bonchev–Trinajstić information content (AvgIpc) is 2.73. The van der Waals surface area contributed by atoms with Gasteiger partial charge in [0, 0.05) is 11.6 Å². The lowest BCUT2D eigenvalue weighted by Crippen LogP contribution is -2.06. The van der Waals surface area contributed by atoms with Gasteiger partial charge in [-0.1, -0.05) is 15.9 Å². The number of nitrogens with zero attached hydrogens (tertiary/aromatic N) is 3. The van der Waals surface area contributed by atoms with Crippen molar-refractivity contribution in [3.63, 3.8) is 0 Å². The lowest BCUT2D eigenvalue weighted by Gasteiger charge is -2.12. The molecule has 0 radical (unpaired) electrons. The van der Waals surface area contributed by atoms with Gasteiger partial charge in [0.25, 0.3) is 0 Å². The van der Waals surface area contributed by atoms with Crippen LogP contribution in [0.3, 0.4) is 0 Å². The first-order chi connectivity index (χ1) is 8.13. The first-order valence-electron chi connectivity index (χ1n) is 5.39. The van der Waals surface area contributed by atoms with Gasteiger partial charge < -0.3 is 4.57 Å². The van der Waals surface area contributed by atoms with Crippen molar-refractivity contribution in [2.45, 2.75) is 25.2 Å². The molecule has 0 atom stereocenters. The third kappa shape index (κ3) is 2.39. The SMILES string of the molecule is CC(C)n1c(CBr)nnc1-c1ccc(F)cc1. The summed E-state index contributed by atoms with van der Waals surface area (Å²) in [6.07, 6.45) is 0. The lowest BCUT2D eigenvalue weighted by molar-refractivity contribution is 0.586. The summed E-state index contributed by atoms with van der Waals surface area (Å²) >= 11 is 3.39. The maximum absolute atomic E-state index is 12.9. The lowest BCUT2D eigenvalue weighted by atomic mass is 10.2. The van der Waals surface area contributed by atoms with Crippen LogP contribution < -0.4 is 0 Å². The van der Waals surface area contributed by atoms with Crippen molar-refractivity contribution >= 4 is 15.9 Å². The van der Waals surface area contributed by atoms with Gasteiger partial charge in [0.05, 0.1) is 5.33 Å². The van der Waals surface area contributed by atoms with Gasteiger partial charge in [0.2, 0.25) is 0 Å². The summed E-state index contributed by atoms with van der Waals surface area (Å²) in [4.78, 5) is 0. The molecule has 0 aliphatic carbocycles. The van der Waals surface area contributed by atoms with Crippen molar-refractivity contribution in [1.29, 1.82) is 0 Å². The van der Waals surface area contributed by atoms with E-state index in [1.165, 1.54) is 12.1 Å². The quantitative estimate of drug-likeness (QED) is 0.811. The van der Waals surface area contributed by atoms with E-state index in [2.05, 4.69) is 40.0 Å². The minimum absolute atomic E-state index is 0.245. The van der Waals surface area contributed by atoms with Crippen molar-refractivity contribution in [3.05, 3.63) is 35.9 Å². The number of aromatic nitrogens is 3. The minimum atomic E-state index is -0.245. The summed E-state index contributed by atoms with van der Waals surface area (Å²) in [5, 5.41) is 8.95. The Morgan fingerprint density at radius 1 is 1.24 bits per heavy atom. The molecule has 0 aliphatic heterocycles. The van der Waals surface area contributed by atoms with E-state index in [0.29, 0.717) is 5.33 Å². The number of alkyl halides is 1. The van der Waals surface area contributed by atoms with Crippen molar-refractivity contribution in [2.24, 2.45) is 0 Å². The zero-order valence-electron chi connectivity index (χ0n) is 9.69. The topological polar surface area (TPSA) is 30.7 Å². The normalized spacial score (nSPS) is 11.1. The van der Waals surface area contributed by atoms with E-state index in [1.807, 2.05) is 4.57 Å². The highest BCUT2D eigenvalue weighted by Gasteiger charge is 2.15. The Balaban J connectivity index is 2.51. The molecule has 1 heterocycles.